The van der Waals surface area contributed by atoms with E-state index in [0.717, 1.165) is 0 Å². The first kappa shape index (κ1) is 9.96. The van der Waals surface area contributed by atoms with Crippen molar-refractivity contribution in [3.63, 3.8) is 0 Å². The van der Waals surface area contributed by atoms with E-state index in [0.29, 0.717) is 0 Å². The first-order valence-corrected chi connectivity index (χ1v) is 5.81. The molecule has 1 unspecified atom stereocenters. The minimum atomic E-state index is 0.201. The lowest BCUT2D eigenvalue weighted by Crippen LogP contribution is -1.97. The third-order valence-electron chi connectivity index (χ3n) is 1.36. The highest BCUT2D eigenvalue weighted by Gasteiger charge is 2.05. The molecule has 0 saturated carbocycles. The first-order valence-electron chi connectivity index (χ1n) is 3.64. The molecule has 0 fully saturated rings. The molecule has 0 aliphatic carbocycles. The van der Waals surface area contributed by atoms with Gasteiger partial charge in [-0.1, -0.05) is 30.0 Å². The SMILES string of the molecule is COC(SC)Sc1ccccc1. The summed E-state index contributed by atoms with van der Waals surface area (Å²) in [7, 11) is 1.73. The minimum Gasteiger partial charge on any atom is -0.361 e. The monoisotopic (exact) mass is 200 g/mol. The maximum atomic E-state index is 5.23. The van der Waals surface area contributed by atoms with Crippen molar-refractivity contribution in [1.29, 1.82) is 0 Å². The molecule has 0 saturated heterocycles. The van der Waals surface area contributed by atoms with Crippen molar-refractivity contribution in [2.24, 2.45) is 0 Å². The first-order chi connectivity index (χ1) is 5.86. The van der Waals surface area contributed by atoms with E-state index in [1.165, 1.54) is 4.90 Å². The Morgan fingerprint density at radius 3 is 2.42 bits per heavy atom. The zero-order chi connectivity index (χ0) is 8.81. The molecule has 1 rings (SSSR count). The Hall–Kier alpha value is -0.120. The van der Waals surface area contributed by atoms with E-state index in [2.05, 4.69) is 12.1 Å². The Kier molecular flexibility index (Phi) is 4.58. The van der Waals surface area contributed by atoms with Crippen molar-refractivity contribution < 1.29 is 4.74 Å². The highest BCUT2D eigenvalue weighted by Crippen LogP contribution is 2.29. The summed E-state index contributed by atoms with van der Waals surface area (Å²) in [5, 5.41) is 0. The van der Waals surface area contributed by atoms with E-state index in [4.69, 9.17) is 4.74 Å². The summed E-state index contributed by atoms with van der Waals surface area (Å²) >= 11 is 3.43. The van der Waals surface area contributed by atoms with Crippen molar-refractivity contribution in [3.8, 4) is 0 Å². The van der Waals surface area contributed by atoms with Crippen molar-refractivity contribution in [2.75, 3.05) is 13.4 Å². The second-order valence-corrected chi connectivity index (χ2v) is 4.52. The molecule has 1 atom stereocenters. The summed E-state index contributed by atoms with van der Waals surface area (Å²) in [6.07, 6.45) is 2.05. The normalized spacial score (nSPS) is 12.8. The van der Waals surface area contributed by atoms with Crippen LogP contribution in [0.5, 0.6) is 0 Å². The van der Waals surface area contributed by atoms with Crippen LogP contribution in [0.15, 0.2) is 35.2 Å². The van der Waals surface area contributed by atoms with Gasteiger partial charge in [-0.05, 0) is 18.4 Å². The van der Waals surface area contributed by atoms with Gasteiger partial charge in [-0.2, -0.15) is 0 Å². The summed E-state index contributed by atoms with van der Waals surface area (Å²) in [6.45, 7) is 0. The van der Waals surface area contributed by atoms with E-state index >= 15 is 0 Å². The number of methoxy groups -OCH3 is 1. The fourth-order valence-electron chi connectivity index (χ4n) is 0.803. The number of hydrogen-bond acceptors (Lipinski definition) is 3. The largest absolute Gasteiger partial charge is 0.361 e. The molecule has 0 heterocycles. The average molecular weight is 200 g/mol. The zero-order valence-electron chi connectivity index (χ0n) is 7.19. The van der Waals surface area contributed by atoms with Crippen molar-refractivity contribution in [3.05, 3.63) is 30.3 Å². The Morgan fingerprint density at radius 1 is 1.25 bits per heavy atom. The minimum absolute atomic E-state index is 0.201. The van der Waals surface area contributed by atoms with Crippen LogP contribution >= 0.6 is 23.5 Å². The van der Waals surface area contributed by atoms with E-state index in [-0.39, 0.29) is 4.77 Å². The highest BCUT2D eigenvalue weighted by atomic mass is 32.2. The van der Waals surface area contributed by atoms with Gasteiger partial charge in [-0.15, -0.1) is 11.8 Å². The molecular formula is C9H12OS2. The van der Waals surface area contributed by atoms with Crippen molar-refractivity contribution in [2.45, 2.75) is 9.66 Å². The summed E-state index contributed by atoms with van der Waals surface area (Å²) in [5.41, 5.74) is 0. The van der Waals surface area contributed by atoms with Crippen LogP contribution < -0.4 is 0 Å². The Balaban J connectivity index is 2.51. The second-order valence-electron chi connectivity index (χ2n) is 2.19. The molecular weight excluding hydrogens is 188 g/mol. The van der Waals surface area contributed by atoms with E-state index in [1.807, 2.05) is 24.5 Å². The number of benzene rings is 1. The summed E-state index contributed by atoms with van der Waals surface area (Å²) in [6, 6.07) is 10.3. The maximum absolute atomic E-state index is 5.23. The summed E-state index contributed by atoms with van der Waals surface area (Å²) in [4.78, 5) is 1.25. The summed E-state index contributed by atoms with van der Waals surface area (Å²) < 4.78 is 5.43. The quantitative estimate of drug-likeness (QED) is 0.546. The molecule has 0 aliphatic rings. The number of hydrogen-bond donors (Lipinski definition) is 0. The molecule has 1 aromatic rings. The standard InChI is InChI=1S/C9H12OS2/c1-10-9(11-2)12-8-6-4-3-5-7-8/h3-7,9H,1-2H3. The molecule has 12 heavy (non-hydrogen) atoms. The molecule has 0 aromatic heterocycles. The predicted molar refractivity (Wildman–Crippen MR) is 56.6 cm³/mol. The van der Waals surface area contributed by atoms with Gasteiger partial charge in [0.05, 0.1) is 0 Å². The van der Waals surface area contributed by atoms with Crippen LogP contribution in [0.1, 0.15) is 0 Å². The fourth-order valence-corrected chi connectivity index (χ4v) is 2.35. The van der Waals surface area contributed by atoms with E-state index in [9.17, 15) is 0 Å². The summed E-state index contributed by atoms with van der Waals surface area (Å²) in [5.74, 6) is 0. The molecule has 0 N–H and O–H groups in total. The van der Waals surface area contributed by atoms with Crippen LogP contribution in [-0.2, 0) is 4.74 Å². The third-order valence-corrected chi connectivity index (χ3v) is 3.73. The van der Waals surface area contributed by atoms with Gasteiger partial charge in [-0.3, -0.25) is 0 Å². The molecule has 0 spiro atoms. The molecule has 1 nitrogen and oxygen atoms in total. The lowest BCUT2D eigenvalue weighted by Gasteiger charge is -2.10. The fraction of sp³-hybridized carbons (Fsp3) is 0.333. The van der Waals surface area contributed by atoms with Crippen LogP contribution in [0, 0.1) is 0 Å². The van der Waals surface area contributed by atoms with Gasteiger partial charge in [0.2, 0.25) is 0 Å². The number of thioether (sulfide) groups is 2. The van der Waals surface area contributed by atoms with Crippen LogP contribution in [0.4, 0.5) is 0 Å². The molecule has 1 aromatic carbocycles. The molecule has 3 heteroatoms. The van der Waals surface area contributed by atoms with Crippen LogP contribution in [0.3, 0.4) is 0 Å². The molecule has 0 bridgehead atoms. The average Bonchev–Trinajstić information content (AvgIpc) is 2.16. The van der Waals surface area contributed by atoms with E-state index < -0.39 is 0 Å². The second kappa shape index (κ2) is 5.51. The third kappa shape index (κ3) is 3.09. The number of rotatable bonds is 4. The Labute approximate surface area is 81.9 Å². The maximum Gasteiger partial charge on any atom is 0.153 e. The van der Waals surface area contributed by atoms with Crippen LogP contribution in [-0.4, -0.2) is 18.1 Å². The molecule has 0 aliphatic heterocycles. The molecule has 0 radical (unpaired) electrons. The lowest BCUT2D eigenvalue weighted by atomic mass is 10.4. The lowest BCUT2D eigenvalue weighted by molar-refractivity contribution is 0.235. The molecule has 66 valence electrons. The number of ether oxygens (including phenoxy) is 1. The Bertz CT molecular complexity index is 209. The Morgan fingerprint density at radius 2 is 1.92 bits per heavy atom. The highest BCUT2D eigenvalue weighted by molar-refractivity contribution is 8.16. The van der Waals surface area contributed by atoms with Gasteiger partial charge in [0.1, 0.15) is 0 Å². The van der Waals surface area contributed by atoms with Gasteiger partial charge in [0.15, 0.2) is 4.77 Å². The van der Waals surface area contributed by atoms with Gasteiger partial charge < -0.3 is 4.74 Å². The topological polar surface area (TPSA) is 9.23 Å². The van der Waals surface area contributed by atoms with Gasteiger partial charge in [0.25, 0.3) is 0 Å². The predicted octanol–water partition coefficient (Wildman–Crippen LogP) is 3.07. The van der Waals surface area contributed by atoms with Gasteiger partial charge in [0, 0.05) is 12.0 Å². The van der Waals surface area contributed by atoms with Crippen molar-refractivity contribution in [1.82, 2.24) is 0 Å². The zero-order valence-corrected chi connectivity index (χ0v) is 8.82. The van der Waals surface area contributed by atoms with Gasteiger partial charge in [-0.25, -0.2) is 0 Å². The van der Waals surface area contributed by atoms with Crippen LogP contribution in [0.2, 0.25) is 0 Å². The van der Waals surface area contributed by atoms with Crippen molar-refractivity contribution >= 4 is 23.5 Å². The van der Waals surface area contributed by atoms with Crippen LogP contribution in [0.25, 0.3) is 0 Å². The van der Waals surface area contributed by atoms with E-state index in [1.54, 1.807) is 30.6 Å². The smallest absolute Gasteiger partial charge is 0.153 e. The molecule has 0 amide bonds. The van der Waals surface area contributed by atoms with Gasteiger partial charge >= 0.3 is 0 Å².